The first-order chi connectivity index (χ1) is 17.8. The van der Waals surface area contributed by atoms with Gasteiger partial charge < -0.3 is 9.84 Å². The van der Waals surface area contributed by atoms with E-state index >= 15 is 0 Å². The molecule has 1 aliphatic heterocycles. The van der Waals surface area contributed by atoms with Gasteiger partial charge >= 0.3 is 0 Å². The molecule has 2 aromatic carbocycles. The highest BCUT2D eigenvalue weighted by molar-refractivity contribution is 7.89. The summed E-state index contributed by atoms with van der Waals surface area (Å²) in [6.07, 6.45) is -0.0688. The minimum Gasteiger partial charge on any atom is -0.487 e. The van der Waals surface area contributed by atoms with Gasteiger partial charge in [0.15, 0.2) is 0 Å². The average molecular weight is 567 g/mol. The van der Waals surface area contributed by atoms with E-state index in [-0.39, 0.29) is 35.2 Å². The third kappa shape index (κ3) is 6.74. The van der Waals surface area contributed by atoms with Crippen LogP contribution in [-0.4, -0.2) is 69.4 Å². The molecule has 0 bridgehead atoms. The molecular weight excluding hydrogens is 531 g/mol. The Morgan fingerprint density at radius 1 is 1.18 bits per heavy atom. The summed E-state index contributed by atoms with van der Waals surface area (Å²) in [6, 6.07) is 8.44. The van der Waals surface area contributed by atoms with Gasteiger partial charge in [0.1, 0.15) is 22.6 Å². The van der Waals surface area contributed by atoms with Crippen LogP contribution in [0.4, 0.5) is 4.39 Å². The molecule has 0 saturated carbocycles. The van der Waals surface area contributed by atoms with Gasteiger partial charge in [0.2, 0.25) is 20.0 Å². The number of rotatable bonds is 7. The molecule has 11 heteroatoms. The van der Waals surface area contributed by atoms with Crippen LogP contribution < -0.4 is 4.74 Å². The molecule has 0 amide bonds. The molecule has 0 unspecified atom stereocenters. The summed E-state index contributed by atoms with van der Waals surface area (Å²) in [5, 5.41) is 9.80. The largest absolute Gasteiger partial charge is 0.487 e. The maximum Gasteiger partial charge on any atom is 0.247 e. The van der Waals surface area contributed by atoms with Crippen LogP contribution in [-0.2, 0) is 20.0 Å². The second-order valence-electron chi connectivity index (χ2n) is 10.0. The fourth-order valence-corrected chi connectivity index (χ4v) is 7.03. The molecule has 0 radical (unpaired) electrons. The number of benzene rings is 2. The number of likely N-dealkylation sites (N-methyl/N-ethyl adjacent to an activating group) is 1. The predicted molar refractivity (Wildman–Crippen MR) is 143 cm³/mol. The number of fused-ring (bicyclic) bond motifs is 1. The van der Waals surface area contributed by atoms with Gasteiger partial charge in [0.25, 0.3) is 0 Å². The number of halogens is 1. The van der Waals surface area contributed by atoms with Gasteiger partial charge in [-0.2, -0.15) is 8.61 Å². The van der Waals surface area contributed by atoms with E-state index in [1.807, 2.05) is 13.8 Å². The molecule has 3 atom stereocenters. The molecule has 1 N–H and O–H groups in total. The van der Waals surface area contributed by atoms with Crippen LogP contribution >= 0.6 is 0 Å². The monoisotopic (exact) mass is 566 g/mol. The summed E-state index contributed by atoms with van der Waals surface area (Å²) in [7, 11) is -6.61. The molecule has 208 valence electrons. The standard InChI is InChI=1S/C27H35FN2O6S2/c1-19(2)7-6-8-22-9-14-27-25(15-22)36-26(20(3)16-30(21(4)18-31)38(27,34)35)17-29(5)37(32,33)24-12-10-23(28)11-13-24/h9-15,19-21,26,31H,7,16-18H2,1-5H3/t20-,21+,26-/m0/s1. The smallest absolute Gasteiger partial charge is 0.247 e. The van der Waals surface area contributed by atoms with E-state index in [0.717, 1.165) is 16.4 Å². The Hall–Kier alpha value is -2.49. The molecule has 0 saturated heterocycles. The number of ether oxygens (including phenoxy) is 1. The van der Waals surface area contributed by atoms with Crippen LogP contribution in [0.1, 0.15) is 39.7 Å². The van der Waals surface area contributed by atoms with Gasteiger partial charge in [-0.05, 0) is 55.3 Å². The lowest BCUT2D eigenvalue weighted by molar-refractivity contribution is 0.0904. The summed E-state index contributed by atoms with van der Waals surface area (Å²) >= 11 is 0. The molecule has 0 spiro atoms. The van der Waals surface area contributed by atoms with E-state index in [0.29, 0.717) is 17.9 Å². The van der Waals surface area contributed by atoms with Gasteiger partial charge in [-0.25, -0.2) is 21.2 Å². The van der Waals surface area contributed by atoms with Crippen molar-refractivity contribution in [1.29, 1.82) is 0 Å². The highest BCUT2D eigenvalue weighted by Crippen LogP contribution is 2.34. The van der Waals surface area contributed by atoms with Gasteiger partial charge in [-0.15, -0.1) is 0 Å². The minimum atomic E-state index is -4.03. The topological polar surface area (TPSA) is 104 Å². The Morgan fingerprint density at radius 2 is 1.84 bits per heavy atom. The van der Waals surface area contributed by atoms with Crippen LogP contribution in [0.15, 0.2) is 52.3 Å². The third-order valence-corrected chi connectivity index (χ3v) is 10.2. The second kappa shape index (κ2) is 12.1. The van der Waals surface area contributed by atoms with Crippen LogP contribution in [0.5, 0.6) is 5.75 Å². The fraction of sp³-hybridized carbons (Fsp3) is 0.481. The number of nitrogens with zero attached hydrogens (tertiary/aromatic N) is 2. The number of hydrogen-bond acceptors (Lipinski definition) is 6. The molecule has 0 aliphatic carbocycles. The SMILES string of the molecule is CC(C)CC#Cc1ccc2c(c1)O[C@@H](CN(C)S(=O)(=O)c1ccc(F)cc1)[C@@H](C)CN([C@H](C)CO)S2(=O)=O. The second-order valence-corrected chi connectivity index (χ2v) is 13.9. The molecular formula is C27H35FN2O6S2. The van der Waals surface area contributed by atoms with E-state index < -0.39 is 43.9 Å². The van der Waals surface area contributed by atoms with Crippen molar-refractivity contribution in [2.75, 3.05) is 26.7 Å². The van der Waals surface area contributed by atoms with Crippen molar-refractivity contribution in [2.24, 2.45) is 11.8 Å². The zero-order valence-electron chi connectivity index (χ0n) is 22.3. The first kappa shape index (κ1) is 30.1. The van der Waals surface area contributed by atoms with E-state index in [2.05, 4.69) is 11.8 Å². The Labute approximate surface area is 225 Å². The van der Waals surface area contributed by atoms with Gasteiger partial charge in [0.05, 0.1) is 18.0 Å². The summed E-state index contributed by atoms with van der Waals surface area (Å²) < 4.78 is 75.5. The molecule has 1 heterocycles. The predicted octanol–water partition coefficient (Wildman–Crippen LogP) is 3.31. The average Bonchev–Trinajstić information content (AvgIpc) is 2.85. The lowest BCUT2D eigenvalue weighted by atomic mass is 10.0. The van der Waals surface area contributed by atoms with E-state index in [1.54, 1.807) is 26.0 Å². The zero-order chi connectivity index (χ0) is 28.3. The third-order valence-electron chi connectivity index (χ3n) is 6.37. The zero-order valence-corrected chi connectivity index (χ0v) is 23.9. The van der Waals surface area contributed by atoms with E-state index in [9.17, 15) is 26.3 Å². The summed E-state index contributed by atoms with van der Waals surface area (Å²) in [4.78, 5) is -0.144. The quantitative estimate of drug-likeness (QED) is 0.516. The highest BCUT2D eigenvalue weighted by atomic mass is 32.2. The van der Waals surface area contributed by atoms with Crippen molar-refractivity contribution in [3.8, 4) is 17.6 Å². The lowest BCUT2D eigenvalue weighted by Gasteiger charge is -2.37. The number of hydrogen-bond donors (Lipinski definition) is 1. The maximum atomic E-state index is 13.6. The first-order valence-corrected chi connectivity index (χ1v) is 15.3. The van der Waals surface area contributed by atoms with Gasteiger partial charge in [-0.3, -0.25) is 0 Å². The number of aliphatic hydroxyl groups excluding tert-OH is 1. The molecule has 8 nitrogen and oxygen atoms in total. The Balaban J connectivity index is 2.04. The maximum absolute atomic E-state index is 13.6. The highest BCUT2D eigenvalue weighted by Gasteiger charge is 2.39. The van der Waals surface area contributed by atoms with Crippen molar-refractivity contribution in [1.82, 2.24) is 8.61 Å². The number of aliphatic hydroxyl groups is 1. The first-order valence-electron chi connectivity index (χ1n) is 12.4. The van der Waals surface area contributed by atoms with Crippen molar-refractivity contribution >= 4 is 20.0 Å². The summed E-state index contributed by atoms with van der Waals surface area (Å²) in [5.41, 5.74) is 0.570. The molecule has 3 rings (SSSR count). The summed E-state index contributed by atoms with van der Waals surface area (Å²) in [5.74, 6) is 5.56. The summed E-state index contributed by atoms with van der Waals surface area (Å²) in [6.45, 7) is 7.00. The van der Waals surface area contributed by atoms with Crippen molar-refractivity contribution < 1.29 is 31.1 Å². The van der Waals surface area contributed by atoms with E-state index in [4.69, 9.17) is 4.74 Å². The van der Waals surface area contributed by atoms with Crippen LogP contribution in [0.3, 0.4) is 0 Å². The fourth-order valence-electron chi connectivity index (χ4n) is 4.02. The van der Waals surface area contributed by atoms with Crippen molar-refractivity contribution in [3.05, 3.63) is 53.8 Å². The van der Waals surface area contributed by atoms with E-state index in [1.165, 1.54) is 29.6 Å². The molecule has 38 heavy (non-hydrogen) atoms. The van der Waals surface area contributed by atoms with Crippen LogP contribution in [0.2, 0.25) is 0 Å². The van der Waals surface area contributed by atoms with Gasteiger partial charge in [-0.1, -0.05) is 32.6 Å². The molecule has 0 aromatic heterocycles. The Bertz CT molecular complexity index is 1400. The van der Waals surface area contributed by atoms with Crippen molar-refractivity contribution in [2.45, 2.75) is 56.1 Å². The Morgan fingerprint density at radius 3 is 2.45 bits per heavy atom. The van der Waals surface area contributed by atoms with Crippen molar-refractivity contribution in [3.63, 3.8) is 0 Å². The van der Waals surface area contributed by atoms with Gasteiger partial charge in [0, 0.05) is 37.5 Å². The lowest BCUT2D eigenvalue weighted by Crippen LogP contribution is -2.50. The molecule has 1 aliphatic rings. The van der Waals surface area contributed by atoms with Crippen LogP contribution in [0, 0.1) is 29.5 Å². The molecule has 0 fully saturated rings. The van der Waals surface area contributed by atoms with Crippen LogP contribution in [0.25, 0.3) is 0 Å². The molecule has 2 aromatic rings. The normalized spacial score (nSPS) is 20.6. The Kier molecular flexibility index (Phi) is 9.60. The number of sulfonamides is 2. The minimum absolute atomic E-state index is 0.00848.